The molecule has 0 fully saturated rings. The molecule has 12 amide bonds. The number of primary amides is 2. The van der Waals surface area contributed by atoms with Crippen LogP contribution >= 0.6 is 25.3 Å². The summed E-state index contributed by atoms with van der Waals surface area (Å²) >= 11 is 8.04. The van der Waals surface area contributed by atoms with E-state index in [2.05, 4.69) is 83.4 Å². The number of para-hydroxylation sites is 1. The lowest BCUT2D eigenvalue weighted by atomic mass is 9.96. The van der Waals surface area contributed by atoms with Crippen molar-refractivity contribution < 1.29 is 77.6 Å². The molecule has 0 unspecified atom stereocenters. The van der Waals surface area contributed by atoms with Crippen LogP contribution in [0.5, 0.6) is 0 Å². The lowest BCUT2D eigenvalue weighted by Crippen LogP contribution is -2.62. The van der Waals surface area contributed by atoms with Crippen molar-refractivity contribution in [2.24, 2.45) is 23.1 Å². The first-order valence-electron chi connectivity index (χ1n) is 26.2. The molecule has 0 bridgehead atoms. The van der Waals surface area contributed by atoms with Crippen molar-refractivity contribution in [1.29, 1.82) is 0 Å². The number of amides is 12. The standard InChI is InChI=1S/C50H78N14O16S2/c1-6-23(2)39(62-50(80)41(25(4)66)64-47(77)35(22-82)56-26(5)67)48(78)59-31(14-15-38(70)71)43(73)55-20-37(69)57-33(18-36(52)68)45(75)58-30(13-9-10-16-51)44(74)60-32(17-27-19-54-29-12-8-7-11-28(27)29)46(76)63-40(24(3)65)49(79)61-34(21-81)42(53)72/h7-8,11-12,19,23-25,30-35,39-41,54,65-66,81-82H,6,9-10,13-18,20-22,51H2,1-5H3,(H2,52,68)(H2,53,72)(H,55,73)(H,56,67)(H,57,69)(H,58,75)(H,59,78)(H,60,74)(H,61,79)(H,62,80)(H,63,76)(H,64,77)(H,70,71)/t23-,24+,25+,30-,31-,32-,33-,34-,35-,39-,40-,41-/m0/s1. The molecule has 0 aliphatic heterocycles. The molecule has 32 heteroatoms. The molecule has 2 aromatic rings. The van der Waals surface area contributed by atoms with E-state index in [4.69, 9.17) is 17.2 Å². The number of aliphatic carboxylic acids is 1. The van der Waals surface area contributed by atoms with Gasteiger partial charge in [-0.1, -0.05) is 38.5 Å². The minimum atomic E-state index is -1.81. The maximum Gasteiger partial charge on any atom is 0.303 e. The van der Waals surface area contributed by atoms with Crippen molar-refractivity contribution in [3.8, 4) is 0 Å². The van der Waals surface area contributed by atoms with Crippen LogP contribution in [-0.4, -0.2) is 188 Å². The summed E-state index contributed by atoms with van der Waals surface area (Å²) < 4.78 is 0. The highest BCUT2D eigenvalue weighted by Gasteiger charge is 2.37. The van der Waals surface area contributed by atoms with Crippen molar-refractivity contribution in [3.05, 3.63) is 36.0 Å². The summed E-state index contributed by atoms with van der Waals surface area (Å²) in [5, 5.41) is 54.9. The number of carboxylic acids is 1. The van der Waals surface area contributed by atoms with Crippen molar-refractivity contribution in [2.75, 3.05) is 24.6 Å². The van der Waals surface area contributed by atoms with Gasteiger partial charge >= 0.3 is 5.97 Å². The molecule has 30 nitrogen and oxygen atoms in total. The average Bonchev–Trinajstić information content (AvgIpc) is 3.83. The number of benzene rings is 1. The lowest BCUT2D eigenvalue weighted by molar-refractivity contribution is -0.139. The fourth-order valence-electron chi connectivity index (χ4n) is 7.95. The largest absolute Gasteiger partial charge is 0.481 e. The molecule has 0 saturated carbocycles. The van der Waals surface area contributed by atoms with E-state index in [0.29, 0.717) is 22.9 Å². The SMILES string of the molecule is CC[C@H](C)[C@H](NC(=O)[C@@H](NC(=O)[C@H](CS)NC(C)=O)[C@@H](C)O)C(=O)N[C@@H](CCC(=O)O)C(=O)NCC(=O)N[C@@H](CC(N)=O)C(=O)N[C@@H](CCCCN)C(=O)N[C@@H](Cc1c[nH]c2ccccc12)C(=O)N[C@H](C(=O)N[C@@H](CS)C(N)=O)[C@@H](C)O. The molecule has 1 heterocycles. The Morgan fingerprint density at radius 3 is 1.63 bits per heavy atom. The first-order chi connectivity index (χ1) is 38.6. The highest BCUT2D eigenvalue weighted by atomic mass is 32.1. The fourth-order valence-corrected chi connectivity index (χ4v) is 8.48. The number of aromatic nitrogens is 1. The summed E-state index contributed by atoms with van der Waals surface area (Å²) in [4.78, 5) is 173. The van der Waals surface area contributed by atoms with Gasteiger partial charge in [0, 0.05) is 48.4 Å². The molecule has 0 aliphatic rings. The van der Waals surface area contributed by atoms with E-state index in [-0.39, 0.29) is 43.7 Å². The number of H-pyrrole nitrogens is 1. The number of carbonyl (C=O) groups is 13. The Kier molecular flexibility index (Phi) is 30.4. The Hall–Kier alpha value is -7.55. The summed E-state index contributed by atoms with van der Waals surface area (Å²) in [6.45, 7) is 5.93. The highest BCUT2D eigenvalue weighted by molar-refractivity contribution is 7.80. The summed E-state index contributed by atoms with van der Waals surface area (Å²) in [6, 6.07) is -6.85. The van der Waals surface area contributed by atoms with Crippen LogP contribution in [0, 0.1) is 5.92 Å². The van der Waals surface area contributed by atoms with Crippen LogP contribution in [0.15, 0.2) is 30.5 Å². The van der Waals surface area contributed by atoms with Gasteiger partial charge in [-0.3, -0.25) is 62.3 Å². The average molecular weight is 1200 g/mol. The number of nitrogens with one attached hydrogen (secondary N) is 11. The van der Waals surface area contributed by atoms with E-state index < -0.39 is 175 Å². The van der Waals surface area contributed by atoms with Crippen molar-refractivity contribution in [3.63, 3.8) is 0 Å². The predicted molar refractivity (Wildman–Crippen MR) is 301 cm³/mol. The molecule has 2 rings (SSSR count). The van der Waals surface area contributed by atoms with Crippen LogP contribution in [0.25, 0.3) is 10.9 Å². The first kappa shape index (κ1) is 70.6. The third-order valence-electron chi connectivity index (χ3n) is 12.7. The number of carbonyl (C=O) groups excluding carboxylic acids is 12. The number of thiol groups is 2. The summed E-state index contributed by atoms with van der Waals surface area (Å²) in [5.74, 6) is -14.4. The molecule has 1 aromatic carbocycles. The van der Waals surface area contributed by atoms with Gasteiger partial charge in [0.25, 0.3) is 0 Å². The molecule has 0 aliphatic carbocycles. The number of carboxylic acid groups (broad SMARTS) is 1. The third kappa shape index (κ3) is 23.5. The van der Waals surface area contributed by atoms with Gasteiger partial charge in [-0.15, -0.1) is 0 Å². The molecule has 0 spiro atoms. The second-order valence-corrected chi connectivity index (χ2v) is 20.1. The minimum absolute atomic E-state index is 0.125. The second kappa shape index (κ2) is 35.3. The number of fused-ring (bicyclic) bond motifs is 1. The van der Waals surface area contributed by atoms with Gasteiger partial charge in [0.05, 0.1) is 25.2 Å². The quantitative estimate of drug-likeness (QED) is 0.0221. The maximum atomic E-state index is 14.3. The van der Waals surface area contributed by atoms with Crippen molar-refractivity contribution in [1.82, 2.24) is 58.2 Å². The number of aromatic amines is 1. The maximum absolute atomic E-state index is 14.3. The van der Waals surface area contributed by atoms with Crippen LogP contribution in [0.2, 0.25) is 0 Å². The minimum Gasteiger partial charge on any atom is -0.481 e. The van der Waals surface area contributed by atoms with Crippen molar-refractivity contribution in [2.45, 2.75) is 153 Å². The molecule has 82 heavy (non-hydrogen) atoms. The van der Waals surface area contributed by atoms with Gasteiger partial charge in [-0.05, 0) is 63.6 Å². The van der Waals surface area contributed by atoms with E-state index in [1.54, 1.807) is 44.3 Å². The molecular formula is C50H78N14O16S2. The van der Waals surface area contributed by atoms with E-state index >= 15 is 0 Å². The third-order valence-corrected chi connectivity index (χ3v) is 13.4. The zero-order valence-corrected chi connectivity index (χ0v) is 47.9. The Labute approximate surface area is 483 Å². The van der Waals surface area contributed by atoms with Crippen LogP contribution in [0.4, 0.5) is 0 Å². The van der Waals surface area contributed by atoms with Crippen LogP contribution in [0.1, 0.15) is 85.1 Å². The second-order valence-electron chi connectivity index (χ2n) is 19.4. The van der Waals surface area contributed by atoms with E-state index in [1.807, 2.05) is 0 Å². The zero-order chi connectivity index (χ0) is 62.0. The van der Waals surface area contributed by atoms with E-state index in [0.717, 1.165) is 6.92 Å². The lowest BCUT2D eigenvalue weighted by Gasteiger charge is -2.29. The van der Waals surface area contributed by atoms with E-state index in [1.165, 1.54) is 13.8 Å². The normalized spacial score (nSPS) is 15.5. The number of hydrogen-bond donors (Lipinski definition) is 19. The van der Waals surface area contributed by atoms with Gasteiger partial charge in [0.15, 0.2) is 0 Å². The monoisotopic (exact) mass is 1190 g/mol. The van der Waals surface area contributed by atoms with Gasteiger partial charge in [0.1, 0.15) is 54.4 Å². The van der Waals surface area contributed by atoms with Crippen LogP contribution in [-0.2, 0) is 68.7 Å². The Morgan fingerprint density at radius 2 is 1.10 bits per heavy atom. The molecular weight excluding hydrogens is 1120 g/mol. The fraction of sp³-hybridized carbons (Fsp3) is 0.580. The van der Waals surface area contributed by atoms with Gasteiger partial charge in [-0.25, -0.2) is 0 Å². The first-order valence-corrected chi connectivity index (χ1v) is 27.4. The Bertz CT molecular complexity index is 2590. The van der Waals surface area contributed by atoms with Gasteiger partial charge in [0.2, 0.25) is 70.9 Å². The van der Waals surface area contributed by atoms with Crippen LogP contribution < -0.4 is 70.4 Å². The van der Waals surface area contributed by atoms with Crippen molar-refractivity contribution >= 4 is 113 Å². The number of aliphatic hydroxyl groups excluding tert-OH is 2. The molecule has 12 atom stereocenters. The number of hydrogen-bond acceptors (Lipinski definition) is 18. The highest BCUT2D eigenvalue weighted by Crippen LogP contribution is 2.20. The molecule has 1 aromatic heterocycles. The number of unbranched alkanes of at least 4 members (excludes halogenated alkanes) is 1. The van der Waals surface area contributed by atoms with E-state index in [9.17, 15) is 77.6 Å². The zero-order valence-electron chi connectivity index (χ0n) is 46.1. The predicted octanol–water partition coefficient (Wildman–Crippen LogP) is -5.77. The molecule has 456 valence electrons. The number of nitrogens with two attached hydrogens (primary N) is 3. The summed E-state index contributed by atoms with van der Waals surface area (Å²) in [5.41, 5.74) is 17.7. The molecule has 20 N–H and O–H groups in total. The Balaban J connectivity index is 2.39. The number of rotatable bonds is 37. The molecule has 0 saturated heterocycles. The van der Waals surface area contributed by atoms with Gasteiger partial charge in [-0.2, -0.15) is 25.3 Å². The summed E-state index contributed by atoms with van der Waals surface area (Å²) in [7, 11) is 0. The van der Waals surface area contributed by atoms with Crippen LogP contribution in [0.3, 0.4) is 0 Å². The number of aliphatic hydroxyl groups is 2. The Morgan fingerprint density at radius 1 is 0.598 bits per heavy atom. The molecule has 0 radical (unpaired) electrons. The summed E-state index contributed by atoms with van der Waals surface area (Å²) in [6.07, 6.45) is -3.16. The smallest absolute Gasteiger partial charge is 0.303 e. The topological polar surface area (TPSA) is 497 Å². The van der Waals surface area contributed by atoms with Gasteiger partial charge < -0.3 is 90.7 Å².